The van der Waals surface area contributed by atoms with Crippen molar-refractivity contribution in [3.8, 4) is 0 Å². The highest BCUT2D eigenvalue weighted by Gasteiger charge is 2.51. The van der Waals surface area contributed by atoms with Crippen LogP contribution in [0.5, 0.6) is 0 Å². The molecule has 0 aromatic rings. The van der Waals surface area contributed by atoms with Crippen LogP contribution in [0.1, 0.15) is 20.8 Å². The minimum atomic E-state index is -0.330. The fraction of sp³-hybridized carbons (Fsp3) is 0.600. The predicted octanol–water partition coefficient (Wildman–Crippen LogP) is 0.479. The summed E-state index contributed by atoms with van der Waals surface area (Å²) in [5.74, 6) is -0.420. The number of amides is 2. The summed E-state index contributed by atoms with van der Waals surface area (Å²) in [7, 11) is 0. The van der Waals surface area contributed by atoms with E-state index in [0.29, 0.717) is 12.2 Å². The first-order valence-electron chi connectivity index (χ1n) is 4.65. The van der Waals surface area contributed by atoms with Gasteiger partial charge in [0.15, 0.2) is 0 Å². The largest absolute Gasteiger partial charge is 0.368 e. The maximum absolute atomic E-state index is 11.6. The fourth-order valence-electron chi connectivity index (χ4n) is 1.60. The third-order valence-corrected chi connectivity index (χ3v) is 3.00. The second-order valence-electron chi connectivity index (χ2n) is 4.12. The molecular formula is C10H13NO3. The lowest BCUT2D eigenvalue weighted by molar-refractivity contribution is -0.141. The van der Waals surface area contributed by atoms with Gasteiger partial charge in [0.2, 0.25) is 0 Å². The Balaban J connectivity index is 2.20. The fourth-order valence-corrected chi connectivity index (χ4v) is 1.60. The molecule has 0 bridgehead atoms. The molecule has 76 valence electrons. The molecule has 0 aromatic carbocycles. The molecule has 2 aliphatic rings. The SMILES string of the molecule is CC1=CC(=O)N(C(C)C2(C)CO2)C1=O. The Morgan fingerprint density at radius 3 is 2.50 bits per heavy atom. The van der Waals surface area contributed by atoms with Crippen LogP contribution in [0.15, 0.2) is 11.6 Å². The summed E-state index contributed by atoms with van der Waals surface area (Å²) in [5, 5.41) is 0. The number of carbonyl (C=O) groups is 2. The molecule has 2 rings (SSSR count). The van der Waals surface area contributed by atoms with Gasteiger partial charge >= 0.3 is 0 Å². The Hall–Kier alpha value is -1.16. The zero-order valence-electron chi connectivity index (χ0n) is 8.53. The van der Waals surface area contributed by atoms with Crippen molar-refractivity contribution in [2.45, 2.75) is 32.4 Å². The predicted molar refractivity (Wildman–Crippen MR) is 49.4 cm³/mol. The van der Waals surface area contributed by atoms with Gasteiger partial charge in [0.25, 0.3) is 11.8 Å². The van der Waals surface area contributed by atoms with Gasteiger partial charge in [0, 0.05) is 11.6 Å². The standard InChI is InChI=1S/C10H13NO3/c1-6-4-8(12)11(9(6)13)7(2)10(3)5-14-10/h4,7H,5H2,1-3H3. The molecule has 2 aliphatic heterocycles. The summed E-state index contributed by atoms with van der Waals surface area (Å²) in [4.78, 5) is 24.4. The average Bonchev–Trinajstić information content (AvgIpc) is 2.79. The highest BCUT2D eigenvalue weighted by Crippen LogP contribution is 2.34. The normalized spacial score (nSPS) is 33.4. The second-order valence-corrected chi connectivity index (χ2v) is 4.12. The van der Waals surface area contributed by atoms with E-state index in [1.165, 1.54) is 11.0 Å². The van der Waals surface area contributed by atoms with Crippen molar-refractivity contribution in [2.75, 3.05) is 6.61 Å². The number of ether oxygens (including phenoxy) is 1. The van der Waals surface area contributed by atoms with Crippen LogP contribution in [0, 0.1) is 0 Å². The molecule has 4 heteroatoms. The van der Waals surface area contributed by atoms with Gasteiger partial charge in [0.05, 0.1) is 12.6 Å². The van der Waals surface area contributed by atoms with Crippen molar-refractivity contribution in [2.24, 2.45) is 0 Å². The maximum Gasteiger partial charge on any atom is 0.256 e. The molecule has 14 heavy (non-hydrogen) atoms. The highest BCUT2D eigenvalue weighted by molar-refractivity contribution is 6.16. The molecule has 0 aromatic heterocycles. The Morgan fingerprint density at radius 2 is 2.14 bits per heavy atom. The van der Waals surface area contributed by atoms with Crippen LogP contribution in [-0.2, 0) is 14.3 Å². The Morgan fingerprint density at radius 1 is 1.57 bits per heavy atom. The van der Waals surface area contributed by atoms with Gasteiger partial charge in [-0.2, -0.15) is 0 Å². The Kier molecular flexibility index (Phi) is 1.79. The van der Waals surface area contributed by atoms with E-state index in [-0.39, 0.29) is 23.5 Å². The molecule has 0 N–H and O–H groups in total. The first-order chi connectivity index (χ1) is 6.46. The Bertz CT molecular complexity index is 341. The second kappa shape index (κ2) is 2.67. The van der Waals surface area contributed by atoms with Crippen LogP contribution in [0.3, 0.4) is 0 Å². The summed E-state index contributed by atoms with van der Waals surface area (Å²) in [5.41, 5.74) is 0.176. The number of imide groups is 1. The lowest BCUT2D eigenvalue weighted by Crippen LogP contribution is -2.46. The van der Waals surface area contributed by atoms with Gasteiger partial charge < -0.3 is 4.74 Å². The van der Waals surface area contributed by atoms with E-state index >= 15 is 0 Å². The molecule has 0 aliphatic carbocycles. The van der Waals surface area contributed by atoms with Crippen LogP contribution >= 0.6 is 0 Å². The zero-order valence-corrected chi connectivity index (χ0v) is 8.53. The number of nitrogens with zero attached hydrogens (tertiary/aromatic N) is 1. The molecule has 2 heterocycles. The van der Waals surface area contributed by atoms with E-state index in [2.05, 4.69) is 0 Å². The van der Waals surface area contributed by atoms with Crippen LogP contribution in [0.25, 0.3) is 0 Å². The molecule has 1 saturated heterocycles. The van der Waals surface area contributed by atoms with Gasteiger partial charge in [-0.15, -0.1) is 0 Å². The Labute approximate surface area is 82.5 Å². The third-order valence-electron chi connectivity index (χ3n) is 3.00. The van der Waals surface area contributed by atoms with Crippen LogP contribution in [-0.4, -0.2) is 35.0 Å². The van der Waals surface area contributed by atoms with Crippen molar-refractivity contribution in [1.82, 2.24) is 4.90 Å². The summed E-state index contributed by atoms with van der Waals surface area (Å²) >= 11 is 0. The number of carbonyl (C=O) groups excluding carboxylic acids is 2. The smallest absolute Gasteiger partial charge is 0.256 e. The molecule has 4 nitrogen and oxygen atoms in total. The van der Waals surface area contributed by atoms with E-state index in [4.69, 9.17) is 4.74 Å². The number of hydrogen-bond donors (Lipinski definition) is 0. The van der Waals surface area contributed by atoms with E-state index in [1.807, 2.05) is 13.8 Å². The molecule has 2 atom stereocenters. The van der Waals surface area contributed by atoms with Gasteiger partial charge in [-0.25, -0.2) is 0 Å². The molecule has 0 saturated carbocycles. The molecule has 0 spiro atoms. The number of rotatable bonds is 2. The first-order valence-corrected chi connectivity index (χ1v) is 4.65. The lowest BCUT2D eigenvalue weighted by atomic mass is 10.0. The molecule has 2 unspecified atom stereocenters. The van der Waals surface area contributed by atoms with Crippen LogP contribution in [0.2, 0.25) is 0 Å². The number of epoxide rings is 1. The first kappa shape index (κ1) is 9.40. The van der Waals surface area contributed by atoms with E-state index in [0.717, 1.165) is 0 Å². The monoisotopic (exact) mass is 195 g/mol. The summed E-state index contributed by atoms with van der Waals surface area (Å²) < 4.78 is 5.23. The lowest BCUT2D eigenvalue weighted by Gasteiger charge is -2.25. The third kappa shape index (κ3) is 1.18. The van der Waals surface area contributed by atoms with Gasteiger partial charge in [-0.05, 0) is 20.8 Å². The zero-order chi connectivity index (χ0) is 10.5. The van der Waals surface area contributed by atoms with E-state index < -0.39 is 0 Å². The summed E-state index contributed by atoms with van der Waals surface area (Å²) in [6.45, 7) is 6.02. The molecular weight excluding hydrogens is 182 g/mol. The van der Waals surface area contributed by atoms with Gasteiger partial charge in [-0.1, -0.05) is 0 Å². The summed E-state index contributed by atoms with van der Waals surface area (Å²) in [6.07, 6.45) is 1.38. The van der Waals surface area contributed by atoms with Crippen LogP contribution in [0.4, 0.5) is 0 Å². The van der Waals surface area contributed by atoms with E-state index in [9.17, 15) is 9.59 Å². The van der Waals surface area contributed by atoms with Crippen molar-refractivity contribution in [3.63, 3.8) is 0 Å². The van der Waals surface area contributed by atoms with Crippen molar-refractivity contribution < 1.29 is 14.3 Å². The molecule has 0 radical (unpaired) electrons. The molecule has 1 fully saturated rings. The van der Waals surface area contributed by atoms with Crippen molar-refractivity contribution >= 4 is 11.8 Å². The molecule has 2 amide bonds. The van der Waals surface area contributed by atoms with Gasteiger partial charge in [-0.3, -0.25) is 14.5 Å². The van der Waals surface area contributed by atoms with E-state index in [1.54, 1.807) is 6.92 Å². The maximum atomic E-state index is 11.6. The van der Waals surface area contributed by atoms with Crippen molar-refractivity contribution in [3.05, 3.63) is 11.6 Å². The van der Waals surface area contributed by atoms with Crippen molar-refractivity contribution in [1.29, 1.82) is 0 Å². The minimum absolute atomic E-state index is 0.184. The quantitative estimate of drug-likeness (QED) is 0.475. The number of hydrogen-bond acceptors (Lipinski definition) is 3. The summed E-state index contributed by atoms with van der Waals surface area (Å²) in [6, 6.07) is -0.184. The average molecular weight is 195 g/mol. The highest BCUT2D eigenvalue weighted by atomic mass is 16.6. The minimum Gasteiger partial charge on any atom is -0.368 e. The van der Waals surface area contributed by atoms with Crippen LogP contribution < -0.4 is 0 Å². The van der Waals surface area contributed by atoms with Gasteiger partial charge in [0.1, 0.15) is 5.60 Å². The topological polar surface area (TPSA) is 49.9 Å².